The monoisotopic (exact) mass is 454 g/mol. The van der Waals surface area contributed by atoms with Crippen LogP contribution in [0.1, 0.15) is 29.3 Å². The number of Topliss-reactive ketones (excluding diaryl/α,β-unsaturated/α-hetero) is 2. The Labute approximate surface area is 181 Å². The van der Waals surface area contributed by atoms with Crippen molar-refractivity contribution >= 4 is 29.1 Å². The SMILES string of the molecule is C[C@@]1(O)c2c(Cl)ccc(O)c2C(=O)[C@@H]2[C@H](O)[C@]3(O)C(=O)[C@@H](C(N)=O)[C@H](O)[C@@H](N)[C@@H]3C[C@@H]21. The van der Waals surface area contributed by atoms with Crippen molar-refractivity contribution in [2.75, 3.05) is 0 Å². The van der Waals surface area contributed by atoms with Gasteiger partial charge in [0.1, 0.15) is 17.8 Å². The maximum absolute atomic E-state index is 13.3. The van der Waals surface area contributed by atoms with Crippen molar-refractivity contribution in [1.82, 2.24) is 0 Å². The molecule has 2 fully saturated rings. The number of halogens is 1. The average Bonchev–Trinajstić information content (AvgIpc) is 2.67. The van der Waals surface area contributed by atoms with E-state index in [4.69, 9.17) is 23.1 Å². The van der Waals surface area contributed by atoms with Gasteiger partial charge in [-0.05, 0) is 25.5 Å². The van der Waals surface area contributed by atoms with E-state index in [1.807, 2.05) is 0 Å². The smallest absolute Gasteiger partial charge is 0.230 e. The Kier molecular flexibility index (Phi) is 4.79. The summed E-state index contributed by atoms with van der Waals surface area (Å²) in [6, 6.07) is 1.11. The summed E-state index contributed by atoms with van der Waals surface area (Å²) in [6.45, 7) is 1.34. The molecule has 168 valence electrons. The van der Waals surface area contributed by atoms with Gasteiger partial charge >= 0.3 is 0 Å². The highest BCUT2D eigenvalue weighted by Crippen LogP contribution is 2.57. The highest BCUT2D eigenvalue weighted by molar-refractivity contribution is 6.32. The first-order valence-corrected chi connectivity index (χ1v) is 10.1. The number of amides is 1. The lowest BCUT2D eigenvalue weighted by Gasteiger charge is -2.58. The van der Waals surface area contributed by atoms with E-state index in [2.05, 4.69) is 0 Å². The fraction of sp³-hybridized carbons (Fsp3) is 0.550. The van der Waals surface area contributed by atoms with E-state index in [9.17, 15) is 39.9 Å². The quantitative estimate of drug-likeness (QED) is 0.238. The van der Waals surface area contributed by atoms with Gasteiger partial charge < -0.3 is 37.0 Å². The van der Waals surface area contributed by atoms with Gasteiger partial charge in [-0.3, -0.25) is 14.4 Å². The van der Waals surface area contributed by atoms with Crippen LogP contribution in [-0.4, -0.2) is 66.9 Å². The molecular weight excluding hydrogens is 432 g/mol. The van der Waals surface area contributed by atoms with Gasteiger partial charge in [0.25, 0.3) is 0 Å². The number of phenols is 1. The summed E-state index contributed by atoms with van der Waals surface area (Å²) < 4.78 is 0. The largest absolute Gasteiger partial charge is 0.507 e. The molecule has 31 heavy (non-hydrogen) atoms. The lowest BCUT2D eigenvalue weighted by molar-refractivity contribution is -0.221. The molecule has 1 amide bonds. The molecule has 0 heterocycles. The minimum absolute atomic E-state index is 0.0118. The number of aromatic hydroxyl groups is 1. The third kappa shape index (κ3) is 2.60. The molecule has 3 aliphatic carbocycles. The molecule has 1 aromatic carbocycles. The molecule has 2 saturated carbocycles. The second kappa shape index (κ2) is 6.71. The van der Waals surface area contributed by atoms with Crippen molar-refractivity contribution in [2.24, 2.45) is 35.1 Å². The molecule has 0 radical (unpaired) electrons. The lowest BCUT2D eigenvalue weighted by Crippen LogP contribution is -2.76. The minimum atomic E-state index is -2.67. The summed E-state index contributed by atoms with van der Waals surface area (Å²) in [6.07, 6.45) is -4.06. The molecule has 10 nitrogen and oxygen atoms in total. The molecule has 0 aromatic heterocycles. The van der Waals surface area contributed by atoms with E-state index < -0.39 is 76.3 Å². The second-order valence-electron chi connectivity index (χ2n) is 8.89. The fourth-order valence-electron chi connectivity index (χ4n) is 5.82. The number of carbonyl (C=O) groups excluding carboxylic acids is 3. The van der Waals surface area contributed by atoms with Crippen LogP contribution in [0.25, 0.3) is 0 Å². The molecule has 0 bridgehead atoms. The molecule has 0 spiro atoms. The van der Waals surface area contributed by atoms with Crippen LogP contribution in [0.3, 0.4) is 0 Å². The predicted molar refractivity (Wildman–Crippen MR) is 105 cm³/mol. The van der Waals surface area contributed by atoms with Crippen molar-refractivity contribution in [3.63, 3.8) is 0 Å². The van der Waals surface area contributed by atoms with Gasteiger partial charge in [-0.15, -0.1) is 0 Å². The number of aliphatic hydroxyl groups is 4. The van der Waals surface area contributed by atoms with Gasteiger partial charge in [0.05, 0.1) is 23.2 Å². The molecule has 0 saturated heterocycles. The number of aliphatic hydroxyl groups excluding tert-OH is 2. The molecule has 11 heteroatoms. The number of ketones is 2. The number of benzene rings is 1. The number of hydrogen-bond donors (Lipinski definition) is 7. The summed E-state index contributed by atoms with van der Waals surface area (Å²) in [5.74, 6) is -9.54. The summed E-state index contributed by atoms with van der Waals surface area (Å²) in [5, 5.41) is 54.5. The van der Waals surface area contributed by atoms with Gasteiger partial charge in [-0.2, -0.15) is 0 Å². The highest BCUT2D eigenvalue weighted by atomic mass is 35.5. The normalized spacial score (nSPS) is 44.3. The zero-order chi connectivity index (χ0) is 23.2. The maximum Gasteiger partial charge on any atom is 0.230 e. The van der Waals surface area contributed by atoms with Crippen molar-refractivity contribution < 1.29 is 39.9 Å². The highest BCUT2D eigenvalue weighted by Gasteiger charge is 2.70. The number of nitrogens with two attached hydrogens (primary N) is 2. The van der Waals surface area contributed by atoms with Gasteiger partial charge in [0.15, 0.2) is 17.2 Å². The molecule has 1 aromatic rings. The zero-order valence-electron chi connectivity index (χ0n) is 16.4. The fourth-order valence-corrected chi connectivity index (χ4v) is 6.17. The van der Waals surface area contributed by atoms with E-state index in [0.29, 0.717) is 0 Å². The first-order chi connectivity index (χ1) is 14.3. The van der Waals surface area contributed by atoms with E-state index in [1.165, 1.54) is 13.0 Å². The summed E-state index contributed by atoms with van der Waals surface area (Å²) in [5.41, 5.74) is 6.38. The summed E-state index contributed by atoms with van der Waals surface area (Å²) in [7, 11) is 0. The number of carbonyl (C=O) groups is 3. The zero-order valence-corrected chi connectivity index (χ0v) is 17.2. The summed E-state index contributed by atoms with van der Waals surface area (Å²) in [4.78, 5) is 38.1. The van der Waals surface area contributed by atoms with Gasteiger partial charge in [0, 0.05) is 28.5 Å². The van der Waals surface area contributed by atoms with Crippen LogP contribution >= 0.6 is 11.6 Å². The van der Waals surface area contributed by atoms with Crippen LogP contribution in [0.5, 0.6) is 5.75 Å². The molecule has 3 aliphatic rings. The standard InChI is InChI=1S/C20H23ClN2O8/c1-19(30)5-4-6-13(22)15(26)11(18(23)29)17(28)20(6,31)16(27)9(5)14(25)10-8(24)3-2-7(21)12(10)19/h2-3,5-6,9,11,13,15-16,24,26-27,30-31H,4,22H2,1H3,(H2,23,29)/t5-,6-,9+,11-,13-,15-,16-,19-,20-/m0/s1. The molecule has 0 unspecified atom stereocenters. The Hall–Kier alpha value is -2.08. The third-order valence-electron chi connectivity index (χ3n) is 7.39. The van der Waals surface area contributed by atoms with Gasteiger partial charge in [-0.1, -0.05) is 11.6 Å². The number of rotatable bonds is 1. The molecule has 9 atom stereocenters. The number of primary amides is 1. The molecule has 9 N–H and O–H groups in total. The van der Waals surface area contributed by atoms with E-state index >= 15 is 0 Å². The van der Waals surface area contributed by atoms with Crippen LogP contribution in [0.15, 0.2) is 12.1 Å². The summed E-state index contributed by atoms with van der Waals surface area (Å²) >= 11 is 6.22. The Morgan fingerprint density at radius 3 is 2.39 bits per heavy atom. The Morgan fingerprint density at radius 2 is 1.81 bits per heavy atom. The Morgan fingerprint density at radius 1 is 1.19 bits per heavy atom. The van der Waals surface area contributed by atoms with Gasteiger partial charge in [0.2, 0.25) is 5.91 Å². The second-order valence-corrected chi connectivity index (χ2v) is 9.29. The predicted octanol–water partition coefficient (Wildman–Crippen LogP) is -1.83. The van der Waals surface area contributed by atoms with Crippen molar-refractivity contribution in [3.8, 4) is 5.75 Å². The molecular formula is C20H23ClN2O8. The van der Waals surface area contributed by atoms with Crippen LogP contribution in [0, 0.1) is 23.7 Å². The topological polar surface area (TPSA) is 204 Å². The third-order valence-corrected chi connectivity index (χ3v) is 7.71. The van der Waals surface area contributed by atoms with Crippen LogP contribution in [0.2, 0.25) is 5.02 Å². The average molecular weight is 455 g/mol. The van der Waals surface area contributed by atoms with E-state index in [1.54, 1.807) is 0 Å². The van der Waals surface area contributed by atoms with Crippen LogP contribution in [-0.2, 0) is 15.2 Å². The Balaban J connectivity index is 1.92. The van der Waals surface area contributed by atoms with Crippen LogP contribution < -0.4 is 11.5 Å². The number of hydrogen-bond acceptors (Lipinski definition) is 9. The maximum atomic E-state index is 13.3. The molecule has 4 rings (SSSR count). The Bertz CT molecular complexity index is 1010. The van der Waals surface area contributed by atoms with E-state index in [0.717, 1.165) is 6.07 Å². The van der Waals surface area contributed by atoms with Gasteiger partial charge in [-0.25, -0.2) is 0 Å². The first kappa shape index (κ1) is 22.1. The number of fused-ring (bicyclic) bond motifs is 3. The van der Waals surface area contributed by atoms with E-state index in [-0.39, 0.29) is 22.6 Å². The lowest BCUT2D eigenvalue weighted by atomic mass is 9.49. The van der Waals surface area contributed by atoms with Crippen molar-refractivity contribution in [1.29, 1.82) is 0 Å². The number of phenolic OH excluding ortho intramolecular Hbond substituents is 1. The van der Waals surface area contributed by atoms with Crippen molar-refractivity contribution in [3.05, 3.63) is 28.3 Å². The van der Waals surface area contributed by atoms with Crippen molar-refractivity contribution in [2.45, 2.75) is 42.8 Å². The van der Waals surface area contributed by atoms with Crippen LogP contribution in [0.4, 0.5) is 0 Å². The minimum Gasteiger partial charge on any atom is -0.507 e. The molecule has 0 aliphatic heterocycles. The first-order valence-electron chi connectivity index (χ1n) is 9.74.